The Hall–Kier alpha value is -1.14. The molecule has 2 aromatic rings. The fourth-order valence-corrected chi connectivity index (χ4v) is 2.44. The van der Waals surface area contributed by atoms with Gasteiger partial charge >= 0.3 is 7.60 Å². The van der Waals surface area contributed by atoms with Crippen LogP contribution in [0, 0.1) is 6.92 Å². The van der Waals surface area contributed by atoms with E-state index < -0.39 is 7.60 Å². The second-order valence-corrected chi connectivity index (χ2v) is 5.90. The van der Waals surface area contributed by atoms with Crippen LogP contribution in [0.25, 0.3) is 11.5 Å². The van der Waals surface area contributed by atoms with E-state index in [1.165, 1.54) is 23.5 Å². The van der Waals surface area contributed by atoms with Crippen molar-refractivity contribution < 1.29 is 18.8 Å². The number of thiazole rings is 1. The van der Waals surface area contributed by atoms with Crippen LogP contribution in [-0.4, -0.2) is 14.8 Å². The molecule has 86 valence electrons. The highest BCUT2D eigenvalue weighted by Gasteiger charge is 2.23. The van der Waals surface area contributed by atoms with Gasteiger partial charge < -0.3 is 19.9 Å². The lowest BCUT2D eigenvalue weighted by Gasteiger charge is -1.97. The van der Waals surface area contributed by atoms with Gasteiger partial charge in [-0.05, 0) is 19.1 Å². The van der Waals surface area contributed by atoms with Gasteiger partial charge in [-0.25, -0.2) is 4.98 Å². The summed E-state index contributed by atoms with van der Waals surface area (Å²) in [4.78, 5) is 22.7. The Morgan fingerprint density at radius 2 is 2.19 bits per heavy atom. The highest BCUT2D eigenvalue weighted by Crippen LogP contribution is 2.36. The predicted molar refractivity (Wildman–Crippen MR) is 60.6 cm³/mol. The summed E-state index contributed by atoms with van der Waals surface area (Å²) in [6.07, 6.45) is 0. The molecule has 0 aliphatic carbocycles. The minimum atomic E-state index is -4.35. The first kappa shape index (κ1) is 11.3. The Labute approximate surface area is 94.9 Å². The molecule has 2 rings (SSSR count). The molecule has 6 nitrogen and oxygen atoms in total. The predicted octanol–water partition coefficient (Wildman–Crippen LogP) is 1.10. The van der Waals surface area contributed by atoms with E-state index in [1.807, 2.05) is 6.92 Å². The van der Waals surface area contributed by atoms with E-state index in [4.69, 9.17) is 19.9 Å². The lowest BCUT2D eigenvalue weighted by Crippen LogP contribution is -1.98. The minimum absolute atomic E-state index is 0.309. The molecular formula is C8H9N2O4PS. The normalized spacial score (nSPS) is 11.9. The first-order chi connectivity index (χ1) is 7.38. The zero-order valence-electron chi connectivity index (χ0n) is 8.25. The molecule has 2 heterocycles. The van der Waals surface area contributed by atoms with E-state index in [1.54, 1.807) is 0 Å². The third kappa shape index (κ3) is 2.03. The summed E-state index contributed by atoms with van der Waals surface area (Å²) in [5.41, 5.74) is 5.67. The quantitative estimate of drug-likeness (QED) is 0.697. The standard InChI is InChI=1S/C8H9N2O4PS/c1-4-7(10-8(9)16-4)5-2-3-6(14-5)15(11,12)13/h2-3H,1H3,(H2,9,10)(H2,11,12,13). The number of furan rings is 1. The molecule has 0 unspecified atom stereocenters. The number of hydrogen-bond donors (Lipinski definition) is 3. The number of anilines is 1. The van der Waals surface area contributed by atoms with Crippen LogP contribution < -0.4 is 11.2 Å². The molecule has 8 heteroatoms. The first-order valence-corrected chi connectivity index (χ1v) is 6.70. The molecule has 0 aliphatic rings. The van der Waals surface area contributed by atoms with Crippen molar-refractivity contribution in [1.29, 1.82) is 0 Å². The molecule has 0 amide bonds. The average Bonchev–Trinajstić information content (AvgIpc) is 2.70. The zero-order valence-corrected chi connectivity index (χ0v) is 9.96. The number of nitrogens with two attached hydrogens (primary N) is 1. The number of aromatic nitrogens is 1. The van der Waals surface area contributed by atoms with Gasteiger partial charge in [0.05, 0.1) is 0 Å². The van der Waals surface area contributed by atoms with E-state index in [9.17, 15) is 4.57 Å². The average molecular weight is 260 g/mol. The SMILES string of the molecule is Cc1sc(N)nc1-c1ccc(P(=O)(O)O)o1. The lowest BCUT2D eigenvalue weighted by molar-refractivity contribution is 0.377. The number of nitrogen functional groups attached to an aromatic ring is 1. The fraction of sp³-hybridized carbons (Fsp3) is 0.125. The van der Waals surface area contributed by atoms with Crippen molar-refractivity contribution in [3.8, 4) is 11.5 Å². The van der Waals surface area contributed by atoms with Crippen molar-refractivity contribution in [3.63, 3.8) is 0 Å². The second kappa shape index (κ2) is 3.71. The van der Waals surface area contributed by atoms with Crippen LogP contribution in [0.4, 0.5) is 5.13 Å². The van der Waals surface area contributed by atoms with Gasteiger partial charge in [0.25, 0.3) is 0 Å². The van der Waals surface area contributed by atoms with Crippen LogP contribution in [-0.2, 0) is 4.57 Å². The molecule has 0 aliphatic heterocycles. The van der Waals surface area contributed by atoms with Crippen molar-refractivity contribution in [2.75, 3.05) is 5.73 Å². The molecule has 0 atom stereocenters. The van der Waals surface area contributed by atoms with Crippen LogP contribution in [0.1, 0.15) is 4.88 Å². The van der Waals surface area contributed by atoms with Crippen LogP contribution in [0.15, 0.2) is 16.5 Å². The molecule has 0 bridgehead atoms. The number of rotatable bonds is 2. The molecule has 16 heavy (non-hydrogen) atoms. The van der Waals surface area contributed by atoms with Crippen molar-refractivity contribution in [1.82, 2.24) is 4.98 Å². The summed E-state index contributed by atoms with van der Waals surface area (Å²) in [6, 6.07) is 2.71. The lowest BCUT2D eigenvalue weighted by atomic mass is 10.3. The summed E-state index contributed by atoms with van der Waals surface area (Å²) in [5, 5.41) is 0.390. The summed E-state index contributed by atoms with van der Waals surface area (Å²) < 4.78 is 16.0. The van der Waals surface area contributed by atoms with Crippen LogP contribution >= 0.6 is 18.9 Å². The molecule has 4 N–H and O–H groups in total. The van der Waals surface area contributed by atoms with E-state index in [0.29, 0.717) is 16.6 Å². The second-order valence-electron chi connectivity index (χ2n) is 3.14. The Balaban J connectivity index is 2.47. The van der Waals surface area contributed by atoms with Gasteiger partial charge in [0.2, 0.25) is 5.50 Å². The van der Waals surface area contributed by atoms with E-state index >= 15 is 0 Å². The van der Waals surface area contributed by atoms with Crippen LogP contribution in [0.2, 0.25) is 0 Å². The highest BCUT2D eigenvalue weighted by atomic mass is 32.1. The molecule has 0 aromatic carbocycles. The first-order valence-electron chi connectivity index (χ1n) is 4.27. The molecular weight excluding hydrogens is 251 g/mol. The van der Waals surface area contributed by atoms with Gasteiger partial charge in [0.15, 0.2) is 10.9 Å². The van der Waals surface area contributed by atoms with Gasteiger partial charge in [0, 0.05) is 4.88 Å². The summed E-state index contributed by atoms with van der Waals surface area (Å²) in [5.74, 6) is 0.309. The van der Waals surface area contributed by atoms with Crippen LogP contribution in [0.3, 0.4) is 0 Å². The van der Waals surface area contributed by atoms with Gasteiger partial charge in [-0.3, -0.25) is 4.57 Å². The maximum atomic E-state index is 10.9. The van der Waals surface area contributed by atoms with Crippen molar-refractivity contribution in [2.24, 2.45) is 0 Å². The smallest absolute Gasteiger partial charge is 0.391 e. The van der Waals surface area contributed by atoms with E-state index in [2.05, 4.69) is 4.98 Å². The topological polar surface area (TPSA) is 110 Å². The molecule has 2 aromatic heterocycles. The molecule has 0 saturated heterocycles. The molecule has 0 saturated carbocycles. The molecule has 0 radical (unpaired) electrons. The summed E-state index contributed by atoms with van der Waals surface area (Å²) >= 11 is 1.29. The minimum Gasteiger partial charge on any atom is -0.446 e. The third-order valence-electron chi connectivity index (χ3n) is 1.93. The van der Waals surface area contributed by atoms with E-state index in [0.717, 1.165) is 4.88 Å². The highest BCUT2D eigenvalue weighted by molar-refractivity contribution is 7.59. The maximum Gasteiger partial charge on any atom is 0.391 e. The Morgan fingerprint density at radius 3 is 2.62 bits per heavy atom. The van der Waals surface area contributed by atoms with Gasteiger partial charge in [0.1, 0.15) is 5.69 Å². The number of aryl methyl sites for hydroxylation is 1. The van der Waals surface area contributed by atoms with Crippen molar-refractivity contribution in [2.45, 2.75) is 6.92 Å². The Morgan fingerprint density at radius 1 is 1.50 bits per heavy atom. The van der Waals surface area contributed by atoms with Gasteiger partial charge in [-0.2, -0.15) is 0 Å². The molecule has 0 spiro atoms. The summed E-state index contributed by atoms with van der Waals surface area (Å²) in [7, 11) is -4.35. The van der Waals surface area contributed by atoms with E-state index in [-0.39, 0.29) is 5.50 Å². The number of hydrogen-bond acceptors (Lipinski definition) is 5. The monoisotopic (exact) mass is 260 g/mol. The molecule has 0 fully saturated rings. The number of nitrogens with zero attached hydrogens (tertiary/aromatic N) is 1. The van der Waals surface area contributed by atoms with Crippen LogP contribution in [0.5, 0.6) is 0 Å². The third-order valence-corrected chi connectivity index (χ3v) is 3.54. The zero-order chi connectivity index (χ0) is 11.9. The maximum absolute atomic E-state index is 10.9. The van der Waals surface area contributed by atoms with Gasteiger partial charge in [-0.15, -0.1) is 11.3 Å². The van der Waals surface area contributed by atoms with Crippen molar-refractivity contribution in [3.05, 3.63) is 17.0 Å². The Kier molecular flexibility index (Phi) is 2.63. The summed E-state index contributed by atoms with van der Waals surface area (Å²) in [6.45, 7) is 1.81. The Bertz CT molecular complexity index is 570. The van der Waals surface area contributed by atoms with Gasteiger partial charge in [-0.1, -0.05) is 0 Å². The fourth-order valence-electron chi connectivity index (χ4n) is 1.26. The largest absolute Gasteiger partial charge is 0.446 e. The van der Waals surface area contributed by atoms with Crippen molar-refractivity contribution >= 4 is 29.6 Å².